The molecular formula is C26H34N2O3S. The molecule has 1 amide bonds. The highest BCUT2D eigenvalue weighted by Gasteiger charge is 2.51. The largest absolute Gasteiger partial charge is 0.335 e. The van der Waals surface area contributed by atoms with Gasteiger partial charge in [0.1, 0.15) is 0 Å². The van der Waals surface area contributed by atoms with Crippen LogP contribution in [-0.2, 0) is 22.3 Å². The van der Waals surface area contributed by atoms with Crippen molar-refractivity contribution in [3.63, 3.8) is 0 Å². The van der Waals surface area contributed by atoms with Crippen LogP contribution in [0.4, 0.5) is 0 Å². The molecule has 1 aliphatic carbocycles. The summed E-state index contributed by atoms with van der Waals surface area (Å²) in [5.41, 5.74) is 2.80. The minimum Gasteiger partial charge on any atom is -0.335 e. The van der Waals surface area contributed by atoms with Crippen LogP contribution in [0.3, 0.4) is 0 Å². The number of carbonyl (C=O) groups excluding carboxylic acids is 1. The standard InChI is InChI=1S/C26H34N2O3S/c1-25(2)14-23-15-26(3,18-25)19-28(23)24(29)22-12-10-20(11-13-22)16-27(4)32(30,31)17-21-8-6-5-7-9-21/h5-13,23H,14-19H2,1-4H3. The minimum atomic E-state index is -3.42. The fourth-order valence-electron chi connectivity index (χ4n) is 5.87. The molecule has 6 heteroatoms. The Labute approximate surface area is 192 Å². The molecule has 5 nitrogen and oxygen atoms in total. The van der Waals surface area contributed by atoms with Gasteiger partial charge in [0, 0.05) is 31.7 Å². The average molecular weight is 455 g/mol. The maximum absolute atomic E-state index is 13.3. The van der Waals surface area contributed by atoms with Gasteiger partial charge in [-0.05, 0) is 53.4 Å². The highest BCUT2D eigenvalue weighted by atomic mass is 32.2. The van der Waals surface area contributed by atoms with Gasteiger partial charge in [-0.3, -0.25) is 4.79 Å². The maximum atomic E-state index is 13.3. The second-order valence-corrected chi connectivity index (χ2v) is 12.9. The molecule has 4 rings (SSSR count). The van der Waals surface area contributed by atoms with E-state index in [2.05, 4.69) is 25.7 Å². The number of amides is 1. The number of benzene rings is 2. The van der Waals surface area contributed by atoms with Crippen LogP contribution in [0.15, 0.2) is 54.6 Å². The summed E-state index contributed by atoms with van der Waals surface area (Å²) in [6.07, 6.45) is 3.30. The van der Waals surface area contributed by atoms with Gasteiger partial charge in [-0.25, -0.2) is 12.7 Å². The van der Waals surface area contributed by atoms with E-state index in [-0.39, 0.29) is 29.0 Å². The third-order valence-electron chi connectivity index (χ3n) is 6.95. The lowest BCUT2D eigenvalue weighted by molar-refractivity contribution is 0.0708. The van der Waals surface area contributed by atoms with Gasteiger partial charge in [0.2, 0.25) is 10.0 Å². The van der Waals surface area contributed by atoms with E-state index in [1.165, 1.54) is 4.31 Å². The van der Waals surface area contributed by atoms with Gasteiger partial charge in [0.15, 0.2) is 0 Å². The zero-order valence-electron chi connectivity index (χ0n) is 19.5. The summed E-state index contributed by atoms with van der Waals surface area (Å²) in [4.78, 5) is 15.3. The number of hydrogen-bond acceptors (Lipinski definition) is 3. The van der Waals surface area contributed by atoms with Gasteiger partial charge in [0.25, 0.3) is 5.91 Å². The van der Waals surface area contributed by atoms with Crippen LogP contribution in [-0.4, -0.2) is 43.2 Å². The molecule has 2 atom stereocenters. The number of fused-ring (bicyclic) bond motifs is 2. The third-order valence-corrected chi connectivity index (χ3v) is 8.73. The van der Waals surface area contributed by atoms with Crippen LogP contribution in [0.25, 0.3) is 0 Å². The Morgan fingerprint density at radius 3 is 2.31 bits per heavy atom. The van der Waals surface area contributed by atoms with Gasteiger partial charge in [-0.1, -0.05) is 63.2 Å². The second-order valence-electron chi connectivity index (χ2n) is 10.8. The first-order valence-corrected chi connectivity index (χ1v) is 13.0. The molecule has 2 aromatic carbocycles. The molecule has 32 heavy (non-hydrogen) atoms. The number of nitrogens with zero attached hydrogens (tertiary/aromatic N) is 2. The first-order chi connectivity index (χ1) is 15.0. The fourth-order valence-corrected chi connectivity index (χ4v) is 7.05. The number of hydrogen-bond donors (Lipinski definition) is 0. The molecule has 1 aliphatic heterocycles. The van der Waals surface area contributed by atoms with E-state index in [0.29, 0.717) is 11.6 Å². The van der Waals surface area contributed by atoms with E-state index >= 15 is 0 Å². The Morgan fingerprint density at radius 2 is 1.66 bits per heavy atom. The highest BCUT2D eigenvalue weighted by molar-refractivity contribution is 7.88. The number of sulfonamides is 1. The predicted molar refractivity (Wildman–Crippen MR) is 128 cm³/mol. The molecule has 2 unspecified atom stereocenters. The zero-order chi connectivity index (χ0) is 23.1. The molecule has 0 N–H and O–H groups in total. The van der Waals surface area contributed by atoms with E-state index in [9.17, 15) is 13.2 Å². The van der Waals surface area contributed by atoms with E-state index in [1.807, 2.05) is 54.6 Å². The van der Waals surface area contributed by atoms with Crippen molar-refractivity contribution in [3.8, 4) is 0 Å². The van der Waals surface area contributed by atoms with Crippen LogP contribution in [0, 0.1) is 10.8 Å². The lowest BCUT2D eigenvalue weighted by atomic mass is 9.65. The van der Waals surface area contributed by atoms with Crippen LogP contribution in [0.1, 0.15) is 61.5 Å². The SMILES string of the molecule is CN(Cc1ccc(C(=O)N2CC3(C)CC2CC(C)(C)C3)cc1)S(=O)(=O)Cc1ccccc1. The van der Waals surface area contributed by atoms with Gasteiger partial charge < -0.3 is 4.90 Å². The Kier molecular flexibility index (Phi) is 5.97. The van der Waals surface area contributed by atoms with E-state index in [0.717, 1.165) is 36.9 Å². The monoisotopic (exact) mass is 454 g/mol. The minimum absolute atomic E-state index is 0.0215. The van der Waals surface area contributed by atoms with Crippen molar-refractivity contribution < 1.29 is 13.2 Å². The molecule has 2 bridgehead atoms. The van der Waals surface area contributed by atoms with Gasteiger partial charge >= 0.3 is 0 Å². The molecule has 1 saturated carbocycles. The first kappa shape index (κ1) is 23.0. The Bertz CT molecular complexity index is 1080. The number of likely N-dealkylation sites (tertiary alicyclic amines) is 1. The van der Waals surface area contributed by atoms with E-state index < -0.39 is 10.0 Å². The second kappa shape index (κ2) is 8.31. The smallest absolute Gasteiger partial charge is 0.254 e. The van der Waals surface area contributed by atoms with Crippen molar-refractivity contribution in [1.82, 2.24) is 9.21 Å². The van der Waals surface area contributed by atoms with Crippen LogP contribution in [0.5, 0.6) is 0 Å². The molecule has 0 aromatic heterocycles. The van der Waals surface area contributed by atoms with Crippen LogP contribution >= 0.6 is 0 Å². The van der Waals surface area contributed by atoms with E-state index in [1.54, 1.807) is 7.05 Å². The molecule has 2 fully saturated rings. The molecule has 0 spiro atoms. The summed E-state index contributed by atoms with van der Waals surface area (Å²) in [7, 11) is -1.82. The summed E-state index contributed by atoms with van der Waals surface area (Å²) < 4.78 is 26.8. The molecular weight excluding hydrogens is 420 g/mol. The molecule has 1 saturated heterocycles. The highest BCUT2D eigenvalue weighted by Crippen LogP contribution is 2.52. The van der Waals surface area contributed by atoms with Crippen molar-refractivity contribution in [1.29, 1.82) is 0 Å². The van der Waals surface area contributed by atoms with Crippen molar-refractivity contribution in [2.45, 2.75) is 58.4 Å². The van der Waals surface area contributed by atoms with Gasteiger partial charge in [0.05, 0.1) is 5.75 Å². The lowest BCUT2D eigenvalue weighted by Crippen LogP contribution is -2.37. The fraction of sp³-hybridized carbons (Fsp3) is 0.500. The lowest BCUT2D eigenvalue weighted by Gasteiger charge is -2.39. The van der Waals surface area contributed by atoms with Crippen molar-refractivity contribution >= 4 is 15.9 Å². The average Bonchev–Trinajstić information content (AvgIpc) is 2.97. The van der Waals surface area contributed by atoms with E-state index in [4.69, 9.17) is 0 Å². The summed E-state index contributed by atoms with van der Waals surface area (Å²) in [6.45, 7) is 8.03. The molecule has 0 radical (unpaired) electrons. The van der Waals surface area contributed by atoms with Crippen LogP contribution < -0.4 is 0 Å². The molecule has 2 aliphatic rings. The number of rotatable bonds is 6. The summed E-state index contributed by atoms with van der Waals surface area (Å²) in [5.74, 6) is 0.0693. The maximum Gasteiger partial charge on any atom is 0.254 e. The third kappa shape index (κ3) is 4.91. The topological polar surface area (TPSA) is 57.7 Å². The van der Waals surface area contributed by atoms with Crippen molar-refractivity contribution in [2.75, 3.05) is 13.6 Å². The quantitative estimate of drug-likeness (QED) is 0.636. The summed E-state index contributed by atoms with van der Waals surface area (Å²) >= 11 is 0. The van der Waals surface area contributed by atoms with Gasteiger partial charge in [-0.2, -0.15) is 0 Å². The molecule has 172 valence electrons. The summed E-state index contributed by atoms with van der Waals surface area (Å²) in [5, 5.41) is 0. The Balaban J connectivity index is 1.42. The van der Waals surface area contributed by atoms with Gasteiger partial charge in [-0.15, -0.1) is 0 Å². The predicted octanol–water partition coefficient (Wildman–Crippen LogP) is 4.69. The number of carbonyl (C=O) groups is 1. The normalized spacial score (nSPS) is 24.7. The Hall–Kier alpha value is -2.18. The van der Waals surface area contributed by atoms with Crippen LogP contribution in [0.2, 0.25) is 0 Å². The zero-order valence-corrected chi connectivity index (χ0v) is 20.4. The Morgan fingerprint density at radius 1 is 1.00 bits per heavy atom. The molecule has 1 heterocycles. The van der Waals surface area contributed by atoms with Crippen molar-refractivity contribution in [3.05, 3.63) is 71.3 Å². The summed E-state index contributed by atoms with van der Waals surface area (Å²) in [6, 6.07) is 16.9. The first-order valence-electron chi connectivity index (χ1n) is 11.3. The van der Waals surface area contributed by atoms with Crippen molar-refractivity contribution in [2.24, 2.45) is 10.8 Å². The molecule has 2 aromatic rings.